The van der Waals surface area contributed by atoms with E-state index in [4.69, 9.17) is 10.1 Å². The van der Waals surface area contributed by atoms with Crippen LogP contribution in [0, 0.1) is 0 Å². The maximum absolute atomic E-state index is 5.23. The summed E-state index contributed by atoms with van der Waals surface area (Å²) in [6.07, 6.45) is 4.62. The number of hydrogen-bond donors (Lipinski definition) is 3. The Balaban J connectivity index is 1.33. The standard InChI is InChI=1S/C39H25N5S2/c1-4-12-26-23(10-1)19-30(40-26)38-36-29(43-44-38)21-25(34-20-24-11-3-8-16-32(24)46-34)35(33-18-17-22-9-2-7-15-31(22)45-33)37(36)39-41-27-13-5-6-14-28(27)42-39/h1-21,33,40H,(H,41,42)(H,43,44). The second-order valence-corrected chi connectivity index (χ2v) is 13.9. The molecule has 0 saturated heterocycles. The van der Waals surface area contributed by atoms with Gasteiger partial charge in [-0.3, -0.25) is 5.10 Å². The first-order valence-electron chi connectivity index (χ1n) is 15.3. The van der Waals surface area contributed by atoms with Gasteiger partial charge in [0.15, 0.2) is 0 Å². The van der Waals surface area contributed by atoms with Gasteiger partial charge in [-0.15, -0.1) is 23.1 Å². The van der Waals surface area contributed by atoms with Gasteiger partial charge in [0, 0.05) is 36.3 Å². The van der Waals surface area contributed by atoms with Crippen LogP contribution in [0.1, 0.15) is 16.4 Å². The molecule has 0 radical (unpaired) electrons. The molecule has 0 fully saturated rings. The third-order valence-electron chi connectivity index (χ3n) is 8.90. The van der Waals surface area contributed by atoms with Gasteiger partial charge in [-0.1, -0.05) is 78.9 Å². The summed E-state index contributed by atoms with van der Waals surface area (Å²) in [5, 5.41) is 11.9. The second-order valence-electron chi connectivity index (χ2n) is 11.7. The van der Waals surface area contributed by atoms with Crippen LogP contribution >= 0.6 is 23.1 Å². The first kappa shape index (κ1) is 25.9. The van der Waals surface area contributed by atoms with Crippen LogP contribution in [0.5, 0.6) is 0 Å². The van der Waals surface area contributed by atoms with Crippen LogP contribution in [0.2, 0.25) is 0 Å². The van der Waals surface area contributed by atoms with Crippen LogP contribution in [0.3, 0.4) is 0 Å². The highest BCUT2D eigenvalue weighted by Crippen LogP contribution is 2.52. The second kappa shape index (κ2) is 10.1. The lowest BCUT2D eigenvalue weighted by atomic mass is 9.91. The zero-order valence-electron chi connectivity index (χ0n) is 24.4. The molecular formula is C39H25N5S2. The summed E-state index contributed by atoms with van der Waals surface area (Å²) in [6, 6.07) is 40.7. The fourth-order valence-electron chi connectivity index (χ4n) is 6.78. The van der Waals surface area contributed by atoms with Crippen LogP contribution in [0.25, 0.3) is 82.2 Å². The number of benzene rings is 5. The third-order valence-corrected chi connectivity index (χ3v) is 11.3. The number of imidazole rings is 1. The van der Waals surface area contributed by atoms with E-state index in [0.717, 1.165) is 55.6 Å². The van der Waals surface area contributed by atoms with Crippen molar-refractivity contribution in [2.45, 2.75) is 10.1 Å². The zero-order chi connectivity index (χ0) is 30.2. The molecule has 5 aromatic carbocycles. The highest BCUT2D eigenvalue weighted by molar-refractivity contribution is 7.99. The van der Waals surface area contributed by atoms with Crippen molar-refractivity contribution in [3.05, 3.63) is 132 Å². The number of nitrogens with one attached hydrogen (secondary N) is 3. The smallest absolute Gasteiger partial charge is 0.139 e. The summed E-state index contributed by atoms with van der Waals surface area (Å²) in [6.45, 7) is 0. The van der Waals surface area contributed by atoms with E-state index in [0.29, 0.717) is 0 Å². The summed E-state index contributed by atoms with van der Waals surface area (Å²) in [5.74, 6) is 0.843. The van der Waals surface area contributed by atoms with Crippen molar-refractivity contribution in [2.24, 2.45) is 0 Å². The predicted octanol–water partition coefficient (Wildman–Crippen LogP) is 11.0. The third kappa shape index (κ3) is 4.02. The summed E-state index contributed by atoms with van der Waals surface area (Å²) in [7, 11) is 0. The molecule has 0 saturated carbocycles. The summed E-state index contributed by atoms with van der Waals surface area (Å²) in [4.78, 5) is 15.1. The minimum Gasteiger partial charge on any atom is -0.353 e. The molecule has 7 heteroatoms. The van der Waals surface area contributed by atoms with E-state index < -0.39 is 0 Å². The number of thiophene rings is 1. The van der Waals surface area contributed by atoms with Gasteiger partial charge in [0.25, 0.3) is 0 Å². The Morgan fingerprint density at radius 1 is 0.696 bits per heavy atom. The molecule has 218 valence electrons. The minimum absolute atomic E-state index is 0.0492. The van der Waals surface area contributed by atoms with E-state index in [-0.39, 0.29) is 5.25 Å². The topological polar surface area (TPSA) is 73.2 Å². The van der Waals surface area contributed by atoms with Crippen LogP contribution in [0.15, 0.2) is 126 Å². The van der Waals surface area contributed by atoms with Crippen molar-refractivity contribution in [3.63, 3.8) is 0 Å². The molecule has 0 bridgehead atoms. The minimum atomic E-state index is 0.0492. The Hall–Kier alpha value is -5.37. The van der Waals surface area contributed by atoms with E-state index in [9.17, 15) is 0 Å². The molecule has 1 aliphatic heterocycles. The molecule has 46 heavy (non-hydrogen) atoms. The lowest BCUT2D eigenvalue weighted by Crippen LogP contribution is -2.03. The average Bonchev–Trinajstić information content (AvgIpc) is 3.90. The first-order valence-corrected chi connectivity index (χ1v) is 17.0. The molecular weight excluding hydrogens is 603 g/mol. The lowest BCUT2D eigenvalue weighted by Gasteiger charge is -2.24. The maximum atomic E-state index is 5.23. The Labute approximate surface area is 272 Å². The zero-order valence-corrected chi connectivity index (χ0v) is 26.0. The fourth-order valence-corrected chi connectivity index (χ4v) is 9.10. The van der Waals surface area contributed by atoms with Gasteiger partial charge >= 0.3 is 0 Å². The Bertz CT molecular complexity index is 2550. The molecule has 0 amide bonds. The van der Waals surface area contributed by atoms with Gasteiger partial charge < -0.3 is 9.97 Å². The van der Waals surface area contributed by atoms with Crippen molar-refractivity contribution in [1.82, 2.24) is 25.1 Å². The van der Waals surface area contributed by atoms with Crippen molar-refractivity contribution in [2.75, 3.05) is 0 Å². The van der Waals surface area contributed by atoms with Crippen LogP contribution in [-0.2, 0) is 0 Å². The molecule has 10 rings (SSSR count). The van der Waals surface area contributed by atoms with Crippen molar-refractivity contribution in [1.29, 1.82) is 0 Å². The Morgan fingerprint density at radius 2 is 1.50 bits per heavy atom. The molecule has 3 N–H and O–H groups in total. The predicted molar refractivity (Wildman–Crippen MR) is 193 cm³/mol. The Kier molecular flexibility index (Phi) is 5.67. The molecule has 1 unspecified atom stereocenters. The highest BCUT2D eigenvalue weighted by atomic mass is 32.2. The normalized spacial score (nSPS) is 14.6. The van der Waals surface area contributed by atoms with Gasteiger partial charge in [0.2, 0.25) is 0 Å². The molecule has 5 nitrogen and oxygen atoms in total. The monoisotopic (exact) mass is 627 g/mol. The SMILES string of the molecule is C1=CC(c2c(-c3cc4ccccc4s3)cc3[nH]nc(-c4cc5ccccc5[nH]4)c3c2-c2nc3ccccc3[nH]2)Sc2ccccc21. The van der Waals surface area contributed by atoms with Gasteiger partial charge in [0.1, 0.15) is 11.5 Å². The molecule has 0 spiro atoms. The Morgan fingerprint density at radius 3 is 2.39 bits per heavy atom. The summed E-state index contributed by atoms with van der Waals surface area (Å²) in [5.41, 5.74) is 10.6. The number of nitrogens with zero attached hydrogens (tertiary/aromatic N) is 2. The molecule has 1 atom stereocenters. The molecule has 5 heterocycles. The number of rotatable bonds is 4. The summed E-state index contributed by atoms with van der Waals surface area (Å²) < 4.78 is 1.27. The number of hydrogen-bond acceptors (Lipinski definition) is 4. The number of aromatic amines is 3. The van der Waals surface area contributed by atoms with Crippen molar-refractivity contribution in [3.8, 4) is 33.2 Å². The van der Waals surface area contributed by atoms with Gasteiger partial charge in [-0.05, 0) is 70.6 Å². The van der Waals surface area contributed by atoms with E-state index in [1.165, 1.54) is 36.5 Å². The van der Waals surface area contributed by atoms with Gasteiger partial charge in [-0.2, -0.15) is 5.10 Å². The van der Waals surface area contributed by atoms with Gasteiger partial charge in [0.05, 0.1) is 27.5 Å². The van der Waals surface area contributed by atoms with Crippen LogP contribution in [-0.4, -0.2) is 25.1 Å². The fraction of sp³-hybridized carbons (Fsp3) is 0.0256. The van der Waals surface area contributed by atoms with E-state index in [2.05, 4.69) is 136 Å². The van der Waals surface area contributed by atoms with Crippen LogP contribution < -0.4 is 0 Å². The lowest BCUT2D eigenvalue weighted by molar-refractivity contribution is 1.12. The quantitative estimate of drug-likeness (QED) is 0.182. The molecule has 9 aromatic rings. The van der Waals surface area contributed by atoms with Crippen molar-refractivity contribution < 1.29 is 0 Å². The van der Waals surface area contributed by atoms with Crippen LogP contribution in [0.4, 0.5) is 0 Å². The number of para-hydroxylation sites is 3. The number of fused-ring (bicyclic) bond motifs is 5. The van der Waals surface area contributed by atoms with Crippen molar-refractivity contribution >= 4 is 72.1 Å². The highest BCUT2D eigenvalue weighted by Gasteiger charge is 2.30. The first-order chi connectivity index (χ1) is 22.8. The van der Waals surface area contributed by atoms with E-state index >= 15 is 0 Å². The van der Waals surface area contributed by atoms with E-state index in [1.807, 2.05) is 29.2 Å². The average molecular weight is 628 g/mol. The number of aromatic nitrogens is 5. The van der Waals surface area contributed by atoms with Gasteiger partial charge in [-0.25, -0.2) is 4.98 Å². The summed E-state index contributed by atoms with van der Waals surface area (Å²) >= 11 is 3.73. The maximum Gasteiger partial charge on any atom is 0.139 e. The van der Waals surface area contributed by atoms with E-state index in [1.54, 1.807) is 0 Å². The molecule has 1 aliphatic rings. The molecule has 0 aliphatic carbocycles. The largest absolute Gasteiger partial charge is 0.353 e. The number of thioether (sulfide) groups is 1. The molecule has 4 aromatic heterocycles. The number of H-pyrrole nitrogens is 3.